The summed E-state index contributed by atoms with van der Waals surface area (Å²) in [5.74, 6) is -2.86. The first kappa shape index (κ1) is 11.1. The Bertz CT molecular complexity index is 554. The number of aromatic nitrogens is 2. The van der Waals surface area contributed by atoms with E-state index in [0.717, 1.165) is 12.1 Å². The van der Waals surface area contributed by atoms with Crippen LogP contribution < -0.4 is 11.1 Å². The zero-order valence-electron chi connectivity index (χ0n) is 8.50. The lowest BCUT2D eigenvalue weighted by Gasteiger charge is -2.06. The predicted molar refractivity (Wildman–Crippen MR) is 57.3 cm³/mol. The minimum absolute atomic E-state index is 0.134. The number of aromatic amines is 1. The van der Waals surface area contributed by atoms with Crippen molar-refractivity contribution in [3.05, 3.63) is 41.7 Å². The van der Waals surface area contributed by atoms with Gasteiger partial charge < -0.3 is 11.1 Å². The number of rotatable bonds is 2. The molecule has 4 N–H and O–H groups in total. The topological polar surface area (TPSA) is 83.8 Å². The molecule has 1 aromatic heterocycles. The van der Waals surface area contributed by atoms with Crippen LogP contribution in [0.5, 0.6) is 0 Å². The van der Waals surface area contributed by atoms with Crippen LogP contribution in [0.25, 0.3) is 0 Å². The molecule has 1 amide bonds. The molecule has 0 saturated heterocycles. The molecule has 0 saturated carbocycles. The predicted octanol–water partition coefficient (Wildman–Crippen LogP) is 1.52. The summed E-state index contributed by atoms with van der Waals surface area (Å²) in [5.41, 5.74) is 5.56. The van der Waals surface area contributed by atoms with Crippen molar-refractivity contribution in [1.29, 1.82) is 0 Å². The van der Waals surface area contributed by atoms with Crippen molar-refractivity contribution in [2.75, 3.05) is 11.1 Å². The normalized spacial score (nSPS) is 10.2. The molecule has 0 aliphatic carbocycles. The summed E-state index contributed by atoms with van der Waals surface area (Å²) in [6, 6.07) is 1.51. The molecule has 0 atom stereocenters. The lowest BCUT2D eigenvalue weighted by Crippen LogP contribution is -2.14. The highest BCUT2D eigenvalue weighted by Crippen LogP contribution is 2.18. The first-order chi connectivity index (χ1) is 8.08. The first-order valence-corrected chi connectivity index (χ1v) is 4.62. The van der Waals surface area contributed by atoms with E-state index in [2.05, 4.69) is 15.5 Å². The number of halogens is 2. The van der Waals surface area contributed by atoms with E-state index in [-0.39, 0.29) is 11.3 Å². The molecular weight excluding hydrogens is 230 g/mol. The average molecular weight is 238 g/mol. The Balaban J connectivity index is 2.28. The van der Waals surface area contributed by atoms with Crippen LogP contribution >= 0.6 is 0 Å². The van der Waals surface area contributed by atoms with Crippen LogP contribution in [0.4, 0.5) is 20.2 Å². The summed E-state index contributed by atoms with van der Waals surface area (Å²) in [6.07, 6.45) is 2.81. The van der Waals surface area contributed by atoms with Crippen LogP contribution in [-0.2, 0) is 0 Å². The number of hydrogen-bond donors (Lipinski definition) is 3. The van der Waals surface area contributed by atoms with Gasteiger partial charge in [-0.25, -0.2) is 8.78 Å². The van der Waals surface area contributed by atoms with Gasteiger partial charge in [-0.15, -0.1) is 0 Å². The van der Waals surface area contributed by atoms with Gasteiger partial charge >= 0.3 is 0 Å². The number of carbonyl (C=O) groups excluding carboxylic acids is 1. The quantitative estimate of drug-likeness (QED) is 0.693. The van der Waals surface area contributed by atoms with Crippen molar-refractivity contribution in [3.63, 3.8) is 0 Å². The van der Waals surface area contributed by atoms with Crippen LogP contribution in [0, 0.1) is 11.6 Å². The van der Waals surface area contributed by atoms with E-state index in [1.165, 1.54) is 12.4 Å². The summed E-state index contributed by atoms with van der Waals surface area (Å²) < 4.78 is 25.8. The highest BCUT2D eigenvalue weighted by molar-refractivity contribution is 6.07. The van der Waals surface area contributed by atoms with E-state index in [4.69, 9.17) is 5.73 Å². The number of nitrogens with one attached hydrogen (secondary N) is 2. The van der Waals surface area contributed by atoms with Gasteiger partial charge in [-0.05, 0) is 6.07 Å². The van der Waals surface area contributed by atoms with Crippen LogP contribution in [0.3, 0.4) is 0 Å². The highest BCUT2D eigenvalue weighted by Gasteiger charge is 2.14. The third kappa shape index (κ3) is 2.22. The number of carbonyl (C=O) groups is 1. The first-order valence-electron chi connectivity index (χ1n) is 4.62. The van der Waals surface area contributed by atoms with E-state index in [9.17, 15) is 13.6 Å². The van der Waals surface area contributed by atoms with E-state index in [1.54, 1.807) is 0 Å². The van der Waals surface area contributed by atoms with E-state index in [0.29, 0.717) is 5.69 Å². The molecule has 0 fully saturated rings. The molecule has 2 rings (SSSR count). The Morgan fingerprint density at radius 2 is 2.06 bits per heavy atom. The number of amides is 1. The number of hydrogen-bond acceptors (Lipinski definition) is 3. The number of nitrogen functional groups attached to an aromatic ring is 1. The van der Waals surface area contributed by atoms with E-state index < -0.39 is 17.5 Å². The lowest BCUT2D eigenvalue weighted by atomic mass is 10.1. The van der Waals surface area contributed by atoms with Crippen molar-refractivity contribution in [2.45, 2.75) is 0 Å². The van der Waals surface area contributed by atoms with Crippen LogP contribution in [0.1, 0.15) is 10.4 Å². The second kappa shape index (κ2) is 4.20. The van der Waals surface area contributed by atoms with Crippen molar-refractivity contribution < 1.29 is 13.6 Å². The number of benzene rings is 1. The minimum atomic E-state index is -1.13. The van der Waals surface area contributed by atoms with E-state index >= 15 is 0 Å². The second-order valence-corrected chi connectivity index (χ2v) is 3.29. The zero-order chi connectivity index (χ0) is 12.4. The molecule has 0 bridgehead atoms. The average Bonchev–Trinajstić information content (AvgIpc) is 2.76. The Hall–Kier alpha value is -2.44. The van der Waals surface area contributed by atoms with Gasteiger partial charge in [-0.1, -0.05) is 0 Å². The summed E-state index contributed by atoms with van der Waals surface area (Å²) in [4.78, 5) is 11.7. The third-order valence-electron chi connectivity index (χ3n) is 2.09. The largest absolute Gasteiger partial charge is 0.398 e. The van der Waals surface area contributed by atoms with Crippen molar-refractivity contribution in [1.82, 2.24) is 10.2 Å². The van der Waals surface area contributed by atoms with Gasteiger partial charge in [0, 0.05) is 18.0 Å². The molecule has 0 radical (unpaired) electrons. The maximum atomic E-state index is 13.0. The maximum absolute atomic E-state index is 13.0. The molecule has 7 heteroatoms. The molecular formula is C10H8F2N4O. The summed E-state index contributed by atoms with van der Waals surface area (Å²) in [7, 11) is 0. The van der Waals surface area contributed by atoms with Gasteiger partial charge in [0.1, 0.15) is 0 Å². The molecule has 88 valence electrons. The number of nitrogens with zero attached hydrogens (tertiary/aromatic N) is 1. The van der Waals surface area contributed by atoms with Gasteiger partial charge in [0.25, 0.3) is 5.91 Å². The molecule has 5 nitrogen and oxygen atoms in total. The zero-order valence-corrected chi connectivity index (χ0v) is 8.50. The van der Waals surface area contributed by atoms with Gasteiger partial charge in [-0.2, -0.15) is 5.10 Å². The fourth-order valence-corrected chi connectivity index (χ4v) is 1.28. The molecule has 0 aliphatic heterocycles. The van der Waals surface area contributed by atoms with Crippen molar-refractivity contribution >= 4 is 17.3 Å². The monoisotopic (exact) mass is 238 g/mol. The summed E-state index contributed by atoms with van der Waals surface area (Å²) in [5, 5.41) is 8.53. The highest BCUT2D eigenvalue weighted by atomic mass is 19.2. The molecule has 1 aromatic carbocycles. The fraction of sp³-hybridized carbons (Fsp3) is 0. The van der Waals surface area contributed by atoms with Crippen molar-refractivity contribution in [3.8, 4) is 0 Å². The standard InChI is InChI=1S/C10H8F2N4O/c11-7-1-6(9(13)2-8(7)12)10(17)16-5-3-14-15-4-5/h1-4H,13H2,(H,14,15)(H,16,17). The van der Waals surface area contributed by atoms with Gasteiger partial charge in [0.15, 0.2) is 11.6 Å². The summed E-state index contributed by atoms with van der Waals surface area (Å²) >= 11 is 0. The number of nitrogens with two attached hydrogens (primary N) is 1. The second-order valence-electron chi connectivity index (χ2n) is 3.29. The smallest absolute Gasteiger partial charge is 0.257 e. The Labute approximate surface area is 94.6 Å². The fourth-order valence-electron chi connectivity index (χ4n) is 1.28. The van der Waals surface area contributed by atoms with Gasteiger partial charge in [0.2, 0.25) is 0 Å². The molecule has 2 aromatic rings. The lowest BCUT2D eigenvalue weighted by molar-refractivity contribution is 0.102. The van der Waals surface area contributed by atoms with Gasteiger partial charge in [0.05, 0.1) is 17.4 Å². The maximum Gasteiger partial charge on any atom is 0.257 e. The van der Waals surface area contributed by atoms with Crippen molar-refractivity contribution in [2.24, 2.45) is 0 Å². The van der Waals surface area contributed by atoms with Gasteiger partial charge in [-0.3, -0.25) is 9.89 Å². The molecule has 0 aliphatic rings. The molecule has 17 heavy (non-hydrogen) atoms. The SMILES string of the molecule is Nc1cc(F)c(F)cc1C(=O)Nc1cn[nH]c1. The Kier molecular flexibility index (Phi) is 2.73. The third-order valence-corrected chi connectivity index (χ3v) is 2.09. The number of anilines is 2. The number of H-pyrrole nitrogens is 1. The molecule has 0 unspecified atom stereocenters. The van der Waals surface area contributed by atoms with Crippen LogP contribution in [0.15, 0.2) is 24.5 Å². The molecule has 1 heterocycles. The summed E-state index contributed by atoms with van der Waals surface area (Å²) in [6.45, 7) is 0. The Morgan fingerprint density at radius 3 is 2.71 bits per heavy atom. The minimum Gasteiger partial charge on any atom is -0.398 e. The molecule has 0 spiro atoms. The van der Waals surface area contributed by atoms with Crippen LogP contribution in [0.2, 0.25) is 0 Å². The van der Waals surface area contributed by atoms with Crippen LogP contribution in [-0.4, -0.2) is 16.1 Å². The Morgan fingerprint density at radius 1 is 1.35 bits per heavy atom. The van der Waals surface area contributed by atoms with E-state index in [1.807, 2.05) is 0 Å².